The van der Waals surface area contributed by atoms with E-state index in [4.69, 9.17) is 27.9 Å². The van der Waals surface area contributed by atoms with Gasteiger partial charge in [-0.25, -0.2) is 0 Å². The van der Waals surface area contributed by atoms with Gasteiger partial charge in [0.15, 0.2) is 6.54 Å². The molecule has 0 spiro atoms. The topological polar surface area (TPSA) is 42.8 Å². The van der Waals surface area contributed by atoms with Gasteiger partial charge in [-0.3, -0.25) is 4.79 Å². The van der Waals surface area contributed by atoms with Crippen molar-refractivity contribution in [2.75, 3.05) is 26.0 Å². The molecule has 0 aliphatic carbocycles. The molecular formula is C17H19Cl2N2O2+. The van der Waals surface area contributed by atoms with Gasteiger partial charge in [-0.2, -0.15) is 0 Å². The van der Waals surface area contributed by atoms with Gasteiger partial charge in [0, 0.05) is 10.6 Å². The van der Waals surface area contributed by atoms with Crippen LogP contribution in [0.3, 0.4) is 0 Å². The first kappa shape index (κ1) is 17.6. The fourth-order valence-electron chi connectivity index (χ4n) is 2.22. The summed E-state index contributed by atoms with van der Waals surface area (Å²) >= 11 is 12.0. The minimum absolute atomic E-state index is 0.111. The molecule has 0 aliphatic rings. The first-order valence-corrected chi connectivity index (χ1v) is 7.92. The van der Waals surface area contributed by atoms with Crippen molar-refractivity contribution in [3.05, 3.63) is 58.1 Å². The van der Waals surface area contributed by atoms with Gasteiger partial charge >= 0.3 is 0 Å². The van der Waals surface area contributed by atoms with E-state index in [1.165, 1.54) is 0 Å². The van der Waals surface area contributed by atoms with Gasteiger partial charge in [0.1, 0.15) is 12.3 Å². The maximum absolute atomic E-state index is 12.1. The number of carbonyl (C=O) groups excluding carboxylic acids is 1. The van der Waals surface area contributed by atoms with E-state index in [1.807, 2.05) is 31.3 Å². The zero-order valence-corrected chi connectivity index (χ0v) is 14.5. The molecule has 1 amide bonds. The Morgan fingerprint density at radius 2 is 1.87 bits per heavy atom. The smallest absolute Gasteiger partial charge is 0.279 e. The summed E-state index contributed by atoms with van der Waals surface area (Å²) in [5.41, 5.74) is 1.67. The molecule has 0 bridgehead atoms. The number of ether oxygens (including phenoxy) is 1. The van der Waals surface area contributed by atoms with Crippen LogP contribution in [-0.2, 0) is 11.3 Å². The molecule has 2 N–H and O–H groups in total. The molecule has 0 saturated heterocycles. The number of anilines is 1. The Bertz CT molecular complexity index is 675. The number of nitrogens with one attached hydrogen (secondary N) is 2. The second-order valence-electron chi connectivity index (χ2n) is 5.33. The lowest BCUT2D eigenvalue weighted by Crippen LogP contribution is -3.08. The highest BCUT2D eigenvalue weighted by molar-refractivity contribution is 6.35. The van der Waals surface area contributed by atoms with Crippen LogP contribution < -0.4 is 15.0 Å². The number of quaternary nitrogens is 1. The molecule has 1 unspecified atom stereocenters. The van der Waals surface area contributed by atoms with Crippen LogP contribution in [0.25, 0.3) is 0 Å². The van der Waals surface area contributed by atoms with Gasteiger partial charge in [-0.1, -0.05) is 23.2 Å². The van der Waals surface area contributed by atoms with Crippen molar-refractivity contribution in [2.24, 2.45) is 0 Å². The minimum atomic E-state index is -0.111. The van der Waals surface area contributed by atoms with Gasteiger partial charge < -0.3 is 15.0 Å². The number of rotatable bonds is 6. The van der Waals surface area contributed by atoms with E-state index in [0.717, 1.165) is 22.8 Å². The monoisotopic (exact) mass is 353 g/mol. The summed E-state index contributed by atoms with van der Waals surface area (Å²) in [5.74, 6) is 0.708. The molecule has 23 heavy (non-hydrogen) atoms. The summed E-state index contributed by atoms with van der Waals surface area (Å²) < 4.78 is 5.13. The van der Waals surface area contributed by atoms with E-state index >= 15 is 0 Å². The lowest BCUT2D eigenvalue weighted by molar-refractivity contribution is -0.885. The van der Waals surface area contributed by atoms with Crippen LogP contribution in [0.1, 0.15) is 5.56 Å². The first-order chi connectivity index (χ1) is 11.0. The summed E-state index contributed by atoms with van der Waals surface area (Å²) in [7, 11) is 3.60. The molecule has 0 saturated carbocycles. The fourth-order valence-corrected chi connectivity index (χ4v) is 2.55. The van der Waals surface area contributed by atoms with Crippen LogP contribution in [-0.4, -0.2) is 26.6 Å². The lowest BCUT2D eigenvalue weighted by Gasteiger charge is -2.14. The SMILES string of the molecule is COc1ccc(C[NH+](C)CC(=O)Nc2cc(Cl)ccc2Cl)cc1. The summed E-state index contributed by atoms with van der Waals surface area (Å²) in [6.45, 7) is 1.07. The number of benzene rings is 2. The highest BCUT2D eigenvalue weighted by Crippen LogP contribution is 2.25. The molecule has 122 valence electrons. The Hall–Kier alpha value is -1.75. The van der Waals surface area contributed by atoms with Gasteiger partial charge in [0.05, 0.1) is 24.9 Å². The molecule has 1 atom stereocenters. The van der Waals surface area contributed by atoms with Crippen LogP contribution in [0.2, 0.25) is 10.0 Å². The van der Waals surface area contributed by atoms with E-state index in [2.05, 4.69) is 5.32 Å². The van der Waals surface area contributed by atoms with Gasteiger partial charge in [0.2, 0.25) is 0 Å². The van der Waals surface area contributed by atoms with Crippen LogP contribution in [0.15, 0.2) is 42.5 Å². The van der Waals surface area contributed by atoms with Crippen molar-refractivity contribution in [1.29, 1.82) is 0 Å². The third-order valence-electron chi connectivity index (χ3n) is 3.33. The molecule has 2 aromatic carbocycles. The predicted molar refractivity (Wildman–Crippen MR) is 93.5 cm³/mol. The first-order valence-electron chi connectivity index (χ1n) is 7.17. The lowest BCUT2D eigenvalue weighted by atomic mass is 10.2. The van der Waals surface area contributed by atoms with Crippen LogP contribution in [0.5, 0.6) is 5.75 Å². The van der Waals surface area contributed by atoms with Crippen LogP contribution in [0.4, 0.5) is 5.69 Å². The third-order valence-corrected chi connectivity index (χ3v) is 3.89. The molecule has 0 aliphatic heterocycles. The third kappa shape index (κ3) is 5.43. The average molecular weight is 354 g/mol. The quantitative estimate of drug-likeness (QED) is 0.838. The van der Waals surface area contributed by atoms with Crippen LogP contribution >= 0.6 is 23.2 Å². The normalized spacial score (nSPS) is 11.8. The van der Waals surface area contributed by atoms with Crippen molar-refractivity contribution in [1.82, 2.24) is 0 Å². The zero-order valence-electron chi connectivity index (χ0n) is 13.0. The maximum Gasteiger partial charge on any atom is 0.279 e. The molecule has 0 radical (unpaired) electrons. The Labute approximate surface area is 146 Å². The van der Waals surface area contributed by atoms with Crippen molar-refractivity contribution >= 4 is 34.8 Å². The molecule has 0 fully saturated rings. The second-order valence-corrected chi connectivity index (χ2v) is 6.17. The van der Waals surface area contributed by atoms with E-state index in [9.17, 15) is 4.79 Å². The Balaban J connectivity index is 1.90. The minimum Gasteiger partial charge on any atom is -0.497 e. The molecule has 4 nitrogen and oxygen atoms in total. The van der Waals surface area contributed by atoms with Gasteiger partial charge in [0.25, 0.3) is 5.91 Å². The summed E-state index contributed by atoms with van der Waals surface area (Å²) in [4.78, 5) is 13.2. The number of methoxy groups -OCH3 is 1. The van der Waals surface area contributed by atoms with Crippen molar-refractivity contribution in [3.8, 4) is 5.75 Å². The average Bonchev–Trinajstić information content (AvgIpc) is 2.51. The highest BCUT2D eigenvalue weighted by Gasteiger charge is 2.12. The molecular weight excluding hydrogens is 335 g/mol. The second kappa shape index (κ2) is 8.20. The molecule has 0 heterocycles. The molecule has 2 aromatic rings. The number of halogens is 2. The predicted octanol–water partition coefficient (Wildman–Crippen LogP) is 2.66. The number of carbonyl (C=O) groups is 1. The summed E-state index contributed by atoms with van der Waals surface area (Å²) in [5, 5.41) is 3.79. The molecule has 6 heteroatoms. The number of hydrogen-bond donors (Lipinski definition) is 2. The zero-order chi connectivity index (χ0) is 16.8. The van der Waals surface area contributed by atoms with E-state index in [0.29, 0.717) is 22.3 Å². The van der Waals surface area contributed by atoms with Crippen molar-refractivity contribution < 1.29 is 14.4 Å². The van der Waals surface area contributed by atoms with Gasteiger partial charge in [-0.05, 0) is 42.5 Å². The highest BCUT2D eigenvalue weighted by atomic mass is 35.5. The van der Waals surface area contributed by atoms with Gasteiger partial charge in [-0.15, -0.1) is 0 Å². The van der Waals surface area contributed by atoms with E-state index in [-0.39, 0.29) is 5.91 Å². The number of hydrogen-bond acceptors (Lipinski definition) is 2. The fraction of sp³-hybridized carbons (Fsp3) is 0.235. The van der Waals surface area contributed by atoms with E-state index < -0.39 is 0 Å². The summed E-state index contributed by atoms with van der Waals surface area (Å²) in [6.07, 6.45) is 0. The standard InChI is InChI=1S/C17H18Cl2N2O2/c1-21(10-12-3-6-14(23-2)7-4-12)11-17(22)20-16-9-13(18)5-8-15(16)19/h3-9H,10-11H2,1-2H3,(H,20,22)/p+1. The van der Waals surface area contributed by atoms with Crippen molar-refractivity contribution in [2.45, 2.75) is 6.54 Å². The Kier molecular flexibility index (Phi) is 6.28. The van der Waals surface area contributed by atoms with E-state index in [1.54, 1.807) is 25.3 Å². The number of likely N-dealkylation sites (N-methyl/N-ethyl adjacent to an activating group) is 1. The Morgan fingerprint density at radius 1 is 1.17 bits per heavy atom. The van der Waals surface area contributed by atoms with Crippen molar-refractivity contribution in [3.63, 3.8) is 0 Å². The summed E-state index contributed by atoms with van der Waals surface area (Å²) in [6, 6.07) is 12.8. The number of amides is 1. The van der Waals surface area contributed by atoms with Crippen LogP contribution in [0, 0.1) is 0 Å². The Morgan fingerprint density at radius 3 is 2.52 bits per heavy atom. The largest absolute Gasteiger partial charge is 0.497 e. The molecule has 2 rings (SSSR count). The maximum atomic E-state index is 12.1. The molecule has 0 aromatic heterocycles.